The van der Waals surface area contributed by atoms with Gasteiger partial charge in [0.25, 0.3) is 0 Å². The highest BCUT2D eigenvalue weighted by molar-refractivity contribution is 5.90. The molecule has 1 unspecified atom stereocenters. The summed E-state index contributed by atoms with van der Waals surface area (Å²) in [5.41, 5.74) is 11.9. The lowest BCUT2D eigenvalue weighted by Crippen LogP contribution is -2.33. The first-order valence-corrected chi connectivity index (χ1v) is 5.02. The molecule has 0 saturated carbocycles. The maximum atomic E-state index is 11.0. The highest BCUT2D eigenvalue weighted by Crippen LogP contribution is 2.15. The summed E-state index contributed by atoms with van der Waals surface area (Å²) in [6, 6.07) is 5.34. The summed E-state index contributed by atoms with van der Waals surface area (Å²) < 4.78 is 0. The van der Waals surface area contributed by atoms with Crippen LogP contribution < -0.4 is 16.4 Å². The van der Waals surface area contributed by atoms with E-state index in [2.05, 4.69) is 0 Å². The molecule has 92 valence electrons. The van der Waals surface area contributed by atoms with E-state index in [0.29, 0.717) is 5.69 Å². The van der Waals surface area contributed by atoms with Crippen molar-refractivity contribution in [2.45, 2.75) is 12.5 Å². The average Bonchev–Trinajstić information content (AvgIpc) is 2.28. The number of primary amides is 1. The third kappa shape index (κ3) is 3.46. The maximum absolute atomic E-state index is 11.0. The summed E-state index contributed by atoms with van der Waals surface area (Å²) in [7, 11) is 1.54. The normalized spacial score (nSPS) is 11.9. The van der Waals surface area contributed by atoms with Crippen molar-refractivity contribution in [3.63, 3.8) is 0 Å². The van der Waals surface area contributed by atoms with E-state index in [-0.39, 0.29) is 6.42 Å². The first-order valence-electron chi connectivity index (χ1n) is 5.02. The number of anilines is 1. The van der Waals surface area contributed by atoms with Crippen LogP contribution in [0.25, 0.3) is 0 Å². The standard InChI is InChI=1S/C11H15N3O3/c1-14(11(13)17)8-4-2-3-7(5-8)6-9(12)10(15)16/h2-5,9H,6,12H2,1H3,(H2,13,17)(H,15,16). The second-order valence-electron chi connectivity index (χ2n) is 3.72. The van der Waals surface area contributed by atoms with E-state index in [1.807, 2.05) is 0 Å². The molecule has 1 rings (SSSR count). The summed E-state index contributed by atoms with van der Waals surface area (Å²) in [4.78, 5) is 22.9. The van der Waals surface area contributed by atoms with Crippen LogP contribution in [0.1, 0.15) is 5.56 Å². The number of carbonyl (C=O) groups excluding carboxylic acids is 1. The zero-order valence-corrected chi connectivity index (χ0v) is 9.46. The fourth-order valence-electron chi connectivity index (χ4n) is 1.36. The van der Waals surface area contributed by atoms with Gasteiger partial charge in [0.15, 0.2) is 0 Å². The van der Waals surface area contributed by atoms with Gasteiger partial charge in [0.1, 0.15) is 6.04 Å². The van der Waals surface area contributed by atoms with Crippen molar-refractivity contribution >= 4 is 17.7 Å². The second kappa shape index (κ2) is 5.31. The number of carbonyl (C=O) groups is 2. The van der Waals surface area contributed by atoms with Crippen molar-refractivity contribution in [1.82, 2.24) is 0 Å². The van der Waals surface area contributed by atoms with Gasteiger partial charge in [0.2, 0.25) is 0 Å². The number of carboxylic acids is 1. The van der Waals surface area contributed by atoms with Gasteiger partial charge in [-0.25, -0.2) is 4.79 Å². The van der Waals surface area contributed by atoms with Crippen LogP contribution in [0.5, 0.6) is 0 Å². The number of carboxylic acid groups (broad SMARTS) is 1. The Hall–Kier alpha value is -2.08. The minimum absolute atomic E-state index is 0.204. The predicted octanol–water partition coefficient (Wildman–Crippen LogP) is 0.156. The third-order valence-electron chi connectivity index (χ3n) is 2.40. The molecule has 1 atom stereocenters. The molecule has 0 fully saturated rings. The fourth-order valence-corrected chi connectivity index (χ4v) is 1.36. The number of hydrogen-bond acceptors (Lipinski definition) is 3. The number of nitrogens with zero attached hydrogens (tertiary/aromatic N) is 1. The molecular weight excluding hydrogens is 222 g/mol. The summed E-state index contributed by atoms with van der Waals surface area (Å²) in [6.07, 6.45) is 0.204. The van der Waals surface area contributed by atoms with Gasteiger partial charge < -0.3 is 16.6 Å². The Bertz CT molecular complexity index is 434. The van der Waals surface area contributed by atoms with Crippen LogP contribution in [-0.2, 0) is 11.2 Å². The minimum Gasteiger partial charge on any atom is -0.480 e. The van der Waals surface area contributed by atoms with Gasteiger partial charge in [-0.2, -0.15) is 0 Å². The van der Waals surface area contributed by atoms with Crippen molar-refractivity contribution < 1.29 is 14.7 Å². The van der Waals surface area contributed by atoms with E-state index in [1.54, 1.807) is 31.3 Å². The predicted molar refractivity (Wildman–Crippen MR) is 63.7 cm³/mol. The van der Waals surface area contributed by atoms with Gasteiger partial charge in [-0.05, 0) is 24.1 Å². The van der Waals surface area contributed by atoms with Crippen LogP contribution >= 0.6 is 0 Å². The third-order valence-corrected chi connectivity index (χ3v) is 2.40. The first-order chi connectivity index (χ1) is 7.91. The molecule has 0 aromatic heterocycles. The van der Waals surface area contributed by atoms with Crippen LogP contribution in [0.3, 0.4) is 0 Å². The average molecular weight is 237 g/mol. The Morgan fingerprint density at radius 1 is 1.47 bits per heavy atom. The number of benzene rings is 1. The molecule has 1 aromatic rings. The van der Waals surface area contributed by atoms with Gasteiger partial charge in [-0.15, -0.1) is 0 Å². The molecule has 0 radical (unpaired) electrons. The second-order valence-corrected chi connectivity index (χ2v) is 3.72. The molecule has 2 amide bonds. The molecule has 0 aliphatic carbocycles. The molecule has 0 aliphatic rings. The van der Waals surface area contributed by atoms with Crippen molar-refractivity contribution in [3.05, 3.63) is 29.8 Å². The number of amides is 2. The molecule has 0 heterocycles. The van der Waals surface area contributed by atoms with Crippen LogP contribution in [0.15, 0.2) is 24.3 Å². The van der Waals surface area contributed by atoms with E-state index in [0.717, 1.165) is 5.56 Å². The molecule has 17 heavy (non-hydrogen) atoms. The van der Waals surface area contributed by atoms with Crippen molar-refractivity contribution in [1.29, 1.82) is 0 Å². The lowest BCUT2D eigenvalue weighted by Gasteiger charge is -2.15. The van der Waals surface area contributed by atoms with Gasteiger partial charge in [-0.3, -0.25) is 9.69 Å². The Labute approximate surface area is 98.8 Å². The Balaban J connectivity index is 2.86. The summed E-state index contributed by atoms with van der Waals surface area (Å²) >= 11 is 0. The van der Waals surface area contributed by atoms with E-state index in [4.69, 9.17) is 16.6 Å². The number of hydrogen-bond donors (Lipinski definition) is 3. The molecule has 6 nitrogen and oxygen atoms in total. The molecule has 5 N–H and O–H groups in total. The summed E-state index contributed by atoms with van der Waals surface area (Å²) in [6.45, 7) is 0. The van der Waals surface area contributed by atoms with Crippen molar-refractivity contribution in [2.24, 2.45) is 11.5 Å². The van der Waals surface area contributed by atoms with Crippen molar-refractivity contribution in [3.8, 4) is 0 Å². The Morgan fingerprint density at radius 2 is 2.12 bits per heavy atom. The highest BCUT2D eigenvalue weighted by Gasteiger charge is 2.13. The van der Waals surface area contributed by atoms with Crippen LogP contribution in [0.2, 0.25) is 0 Å². The van der Waals surface area contributed by atoms with Gasteiger partial charge >= 0.3 is 12.0 Å². The van der Waals surface area contributed by atoms with Gasteiger partial charge in [-0.1, -0.05) is 12.1 Å². The Morgan fingerprint density at radius 3 is 2.65 bits per heavy atom. The molecule has 0 saturated heterocycles. The van der Waals surface area contributed by atoms with Crippen LogP contribution in [0.4, 0.5) is 10.5 Å². The molecule has 1 aromatic carbocycles. The van der Waals surface area contributed by atoms with E-state index >= 15 is 0 Å². The zero-order valence-electron chi connectivity index (χ0n) is 9.46. The van der Waals surface area contributed by atoms with Crippen LogP contribution in [-0.4, -0.2) is 30.2 Å². The van der Waals surface area contributed by atoms with Crippen LogP contribution in [0, 0.1) is 0 Å². The maximum Gasteiger partial charge on any atom is 0.320 e. The molecule has 0 spiro atoms. The topological polar surface area (TPSA) is 110 Å². The quantitative estimate of drug-likeness (QED) is 0.692. The monoisotopic (exact) mass is 237 g/mol. The summed E-state index contributed by atoms with van der Waals surface area (Å²) in [5, 5.41) is 8.70. The number of rotatable bonds is 4. The van der Waals surface area contributed by atoms with E-state index in [9.17, 15) is 9.59 Å². The smallest absolute Gasteiger partial charge is 0.320 e. The minimum atomic E-state index is -1.06. The SMILES string of the molecule is CN(C(N)=O)c1cccc(CC(N)C(=O)O)c1. The Kier molecular flexibility index (Phi) is 4.06. The number of urea groups is 1. The lowest BCUT2D eigenvalue weighted by atomic mass is 10.1. The molecule has 6 heteroatoms. The highest BCUT2D eigenvalue weighted by atomic mass is 16.4. The van der Waals surface area contributed by atoms with Gasteiger partial charge in [0, 0.05) is 12.7 Å². The zero-order chi connectivity index (χ0) is 13.0. The summed E-state index contributed by atoms with van der Waals surface area (Å²) in [5.74, 6) is -1.06. The molecule has 0 aliphatic heterocycles. The van der Waals surface area contributed by atoms with Crippen molar-refractivity contribution in [2.75, 3.05) is 11.9 Å². The van der Waals surface area contributed by atoms with E-state index in [1.165, 1.54) is 4.90 Å². The number of aliphatic carboxylic acids is 1. The molecule has 0 bridgehead atoms. The first kappa shape index (κ1) is 13.0. The lowest BCUT2D eigenvalue weighted by molar-refractivity contribution is -0.138. The van der Waals surface area contributed by atoms with Gasteiger partial charge in [0.05, 0.1) is 0 Å². The number of nitrogens with two attached hydrogens (primary N) is 2. The van der Waals surface area contributed by atoms with E-state index < -0.39 is 18.0 Å². The molecular formula is C11H15N3O3. The largest absolute Gasteiger partial charge is 0.480 e. The fraction of sp³-hybridized carbons (Fsp3) is 0.273.